The summed E-state index contributed by atoms with van der Waals surface area (Å²) in [7, 11) is -3.68. The number of anilines is 2. The highest BCUT2D eigenvalue weighted by Crippen LogP contribution is 2.32. The van der Waals surface area contributed by atoms with E-state index >= 15 is 0 Å². The van der Waals surface area contributed by atoms with Gasteiger partial charge in [-0.2, -0.15) is 0 Å². The van der Waals surface area contributed by atoms with Gasteiger partial charge in [0.2, 0.25) is 0 Å². The zero-order chi connectivity index (χ0) is 22.6. The van der Waals surface area contributed by atoms with Crippen LogP contribution < -0.4 is 14.9 Å². The lowest BCUT2D eigenvalue weighted by atomic mass is 9.78. The fraction of sp³-hybridized carbons (Fsp3) is 0.458. The molecule has 0 radical (unpaired) electrons. The second-order valence-electron chi connectivity index (χ2n) is 8.17. The van der Waals surface area contributed by atoms with Crippen LogP contribution in [-0.4, -0.2) is 33.0 Å². The molecule has 4 rings (SSSR count). The number of benzene rings is 2. The highest BCUT2D eigenvalue weighted by molar-refractivity contribution is 7.92. The summed E-state index contributed by atoms with van der Waals surface area (Å²) >= 11 is 0. The van der Waals surface area contributed by atoms with Crippen LogP contribution in [0.15, 0.2) is 47.4 Å². The minimum Gasteiger partial charge on any atom is -0.371 e. The maximum Gasteiger partial charge on any atom is 0.261 e. The monoisotopic (exact) mass is 443 g/mol. The molecule has 0 unspecified atom stereocenters. The zero-order valence-corrected chi connectivity index (χ0v) is 19.7. The fourth-order valence-corrected chi connectivity index (χ4v) is 5.13. The van der Waals surface area contributed by atoms with Crippen molar-refractivity contribution in [1.82, 2.24) is 5.32 Å². The van der Waals surface area contributed by atoms with E-state index in [-0.39, 0.29) is 16.3 Å². The van der Waals surface area contributed by atoms with Crippen LogP contribution in [0.3, 0.4) is 0 Å². The average molecular weight is 444 g/mol. The van der Waals surface area contributed by atoms with Gasteiger partial charge < -0.3 is 10.2 Å². The second-order valence-corrected chi connectivity index (χ2v) is 9.85. The highest BCUT2D eigenvalue weighted by atomic mass is 32.2. The first-order valence-corrected chi connectivity index (χ1v) is 12.6. The molecule has 0 atom stereocenters. The van der Waals surface area contributed by atoms with E-state index in [2.05, 4.69) is 21.9 Å². The maximum atomic E-state index is 12.8. The Bertz CT molecular complexity index is 1030. The normalized spacial score (nSPS) is 16.5. The molecular formula is C24H33N3O3S. The molecule has 1 aliphatic heterocycles. The van der Waals surface area contributed by atoms with Crippen LogP contribution in [0.2, 0.25) is 0 Å². The van der Waals surface area contributed by atoms with E-state index in [0.717, 1.165) is 50.0 Å². The first-order valence-electron chi connectivity index (χ1n) is 11.1. The maximum absolute atomic E-state index is 12.8. The van der Waals surface area contributed by atoms with Gasteiger partial charge in [-0.3, -0.25) is 9.52 Å². The summed E-state index contributed by atoms with van der Waals surface area (Å²) < 4.78 is 28.2. The predicted molar refractivity (Wildman–Crippen MR) is 126 cm³/mol. The Morgan fingerprint density at radius 1 is 1.10 bits per heavy atom. The molecule has 168 valence electrons. The Balaban J connectivity index is 0.00000132. The van der Waals surface area contributed by atoms with Crippen LogP contribution >= 0.6 is 0 Å². The van der Waals surface area contributed by atoms with Crippen LogP contribution in [-0.2, 0) is 16.4 Å². The summed E-state index contributed by atoms with van der Waals surface area (Å²) in [5.41, 5.74) is 3.02. The Hall–Kier alpha value is -2.54. The molecule has 1 heterocycles. The van der Waals surface area contributed by atoms with Gasteiger partial charge in [0.1, 0.15) is 0 Å². The van der Waals surface area contributed by atoms with Crippen LogP contribution in [0.4, 0.5) is 11.4 Å². The summed E-state index contributed by atoms with van der Waals surface area (Å²) in [4.78, 5) is 14.9. The molecular weight excluding hydrogens is 410 g/mol. The number of carbonyl (C=O) groups excluding carboxylic acids is 1. The zero-order valence-electron chi connectivity index (χ0n) is 18.9. The number of nitrogens with zero attached hydrogens (tertiary/aromatic N) is 1. The molecule has 1 saturated carbocycles. The third-order valence-corrected chi connectivity index (χ3v) is 7.39. The SMILES string of the molecule is CC.CCN1CCc2cc(S(=O)(=O)Nc3ccc(C(=O)NC4(C)CCC4)cc3)ccc21. The molecule has 6 nitrogen and oxygen atoms in total. The van der Waals surface area contributed by atoms with E-state index in [1.54, 1.807) is 36.4 Å². The van der Waals surface area contributed by atoms with Crippen LogP contribution in [0.5, 0.6) is 0 Å². The summed E-state index contributed by atoms with van der Waals surface area (Å²) in [6.07, 6.45) is 3.98. The quantitative estimate of drug-likeness (QED) is 0.686. The van der Waals surface area contributed by atoms with Crippen LogP contribution in [0, 0.1) is 0 Å². The number of amides is 1. The molecule has 1 fully saturated rings. The van der Waals surface area contributed by atoms with Gasteiger partial charge in [-0.1, -0.05) is 13.8 Å². The molecule has 2 aromatic carbocycles. The van der Waals surface area contributed by atoms with Crippen molar-refractivity contribution in [2.75, 3.05) is 22.7 Å². The fourth-order valence-electron chi connectivity index (χ4n) is 4.02. The molecule has 0 aromatic heterocycles. The lowest BCUT2D eigenvalue weighted by Gasteiger charge is -2.39. The van der Waals surface area contributed by atoms with Gasteiger partial charge in [0.15, 0.2) is 0 Å². The Labute approximate surface area is 186 Å². The largest absolute Gasteiger partial charge is 0.371 e. The molecule has 2 aliphatic rings. The molecule has 0 bridgehead atoms. The van der Waals surface area contributed by atoms with E-state index in [0.29, 0.717) is 11.3 Å². The van der Waals surface area contributed by atoms with Crippen molar-refractivity contribution in [3.8, 4) is 0 Å². The Kier molecular flexibility index (Phi) is 6.94. The van der Waals surface area contributed by atoms with Gasteiger partial charge in [0, 0.05) is 35.6 Å². The molecule has 1 amide bonds. The minimum absolute atomic E-state index is 0.113. The first-order chi connectivity index (χ1) is 14.8. The number of sulfonamides is 1. The van der Waals surface area contributed by atoms with E-state index in [1.165, 1.54) is 0 Å². The van der Waals surface area contributed by atoms with Gasteiger partial charge in [0.25, 0.3) is 15.9 Å². The van der Waals surface area contributed by atoms with Gasteiger partial charge in [0.05, 0.1) is 4.90 Å². The summed E-state index contributed by atoms with van der Waals surface area (Å²) in [6, 6.07) is 11.8. The van der Waals surface area contributed by atoms with Crippen molar-refractivity contribution < 1.29 is 13.2 Å². The van der Waals surface area contributed by atoms with Crippen LogP contribution in [0.1, 0.15) is 62.9 Å². The lowest BCUT2D eigenvalue weighted by Crippen LogP contribution is -2.50. The standard InChI is InChI=1S/C22H27N3O3S.C2H6/c1-3-25-14-11-17-15-19(9-10-20(17)25)29(27,28)24-18-7-5-16(6-8-18)21(26)23-22(2)12-4-13-22;1-2/h5-10,15,24H,3-4,11-14H2,1-2H3,(H,23,26);1-2H3. The Morgan fingerprint density at radius 3 is 2.35 bits per heavy atom. The van der Waals surface area contributed by atoms with Crippen molar-refractivity contribution in [2.45, 2.75) is 63.8 Å². The number of nitrogens with one attached hydrogen (secondary N) is 2. The lowest BCUT2D eigenvalue weighted by molar-refractivity contribution is 0.0850. The molecule has 7 heteroatoms. The van der Waals surface area contributed by atoms with Crippen molar-refractivity contribution in [2.24, 2.45) is 0 Å². The third kappa shape index (κ3) is 5.03. The number of fused-ring (bicyclic) bond motifs is 1. The molecule has 2 N–H and O–H groups in total. The van der Waals surface area contributed by atoms with Gasteiger partial charge >= 0.3 is 0 Å². The number of likely N-dealkylation sites (N-methyl/N-ethyl adjacent to an activating group) is 1. The van der Waals surface area contributed by atoms with E-state index in [1.807, 2.05) is 26.8 Å². The van der Waals surface area contributed by atoms with Gasteiger partial charge in [-0.05, 0) is 87.6 Å². The number of hydrogen-bond donors (Lipinski definition) is 2. The molecule has 0 spiro atoms. The summed E-state index contributed by atoms with van der Waals surface area (Å²) in [5.74, 6) is -0.124. The topological polar surface area (TPSA) is 78.5 Å². The van der Waals surface area contributed by atoms with Gasteiger partial charge in [-0.25, -0.2) is 8.42 Å². The van der Waals surface area contributed by atoms with Crippen molar-refractivity contribution in [1.29, 1.82) is 0 Å². The number of carbonyl (C=O) groups is 1. The van der Waals surface area contributed by atoms with Crippen molar-refractivity contribution in [3.05, 3.63) is 53.6 Å². The molecule has 2 aromatic rings. The minimum atomic E-state index is -3.68. The molecule has 1 aliphatic carbocycles. The average Bonchev–Trinajstić information content (AvgIpc) is 3.16. The molecule has 0 saturated heterocycles. The number of hydrogen-bond acceptors (Lipinski definition) is 4. The van der Waals surface area contributed by atoms with Gasteiger partial charge in [-0.15, -0.1) is 0 Å². The smallest absolute Gasteiger partial charge is 0.261 e. The predicted octanol–water partition coefficient (Wildman–Crippen LogP) is 4.57. The summed E-state index contributed by atoms with van der Waals surface area (Å²) in [6.45, 7) is 9.98. The van der Waals surface area contributed by atoms with E-state index < -0.39 is 10.0 Å². The second kappa shape index (κ2) is 9.30. The first kappa shape index (κ1) is 23.1. The van der Waals surface area contributed by atoms with Crippen LogP contribution in [0.25, 0.3) is 0 Å². The number of rotatable bonds is 6. The molecule has 31 heavy (non-hydrogen) atoms. The van der Waals surface area contributed by atoms with Crippen molar-refractivity contribution in [3.63, 3.8) is 0 Å². The summed E-state index contributed by atoms with van der Waals surface area (Å²) in [5, 5.41) is 3.05. The van der Waals surface area contributed by atoms with E-state index in [4.69, 9.17) is 0 Å². The van der Waals surface area contributed by atoms with E-state index in [9.17, 15) is 13.2 Å². The highest BCUT2D eigenvalue weighted by Gasteiger charge is 2.33. The third-order valence-electron chi connectivity index (χ3n) is 6.01. The Morgan fingerprint density at radius 2 is 1.77 bits per heavy atom. The van der Waals surface area contributed by atoms with Crippen molar-refractivity contribution >= 4 is 27.3 Å².